The first-order chi connectivity index (χ1) is 9.22. The maximum absolute atomic E-state index is 5.87. The molecule has 0 unspecified atom stereocenters. The topological polar surface area (TPSA) is 83.2 Å². The molecule has 0 atom stereocenters. The molecule has 19 heavy (non-hydrogen) atoms. The largest absolute Gasteiger partial charge is 0.476 e. The Kier molecular flexibility index (Phi) is 4.51. The van der Waals surface area contributed by atoms with Gasteiger partial charge in [0.25, 0.3) is 0 Å². The smallest absolute Gasteiger partial charge is 0.244 e. The lowest BCUT2D eigenvalue weighted by atomic mass is 10.3. The van der Waals surface area contributed by atoms with Gasteiger partial charge in [-0.05, 0) is 13.8 Å². The van der Waals surface area contributed by atoms with Crippen molar-refractivity contribution in [2.24, 2.45) is 0 Å². The van der Waals surface area contributed by atoms with Crippen molar-refractivity contribution in [1.82, 2.24) is 15.0 Å². The monoisotopic (exact) mass is 280 g/mol. The van der Waals surface area contributed by atoms with Crippen LogP contribution in [0.1, 0.15) is 17.5 Å². The van der Waals surface area contributed by atoms with E-state index in [1.165, 1.54) is 11.2 Å². The zero-order valence-electron chi connectivity index (χ0n) is 10.9. The zero-order valence-corrected chi connectivity index (χ0v) is 11.7. The summed E-state index contributed by atoms with van der Waals surface area (Å²) in [5.74, 6) is 0.724. The molecular formula is C12H16N4O2S. The predicted molar refractivity (Wildman–Crippen MR) is 73.7 cm³/mol. The minimum absolute atomic E-state index is 0.338. The molecule has 7 heteroatoms. The van der Waals surface area contributed by atoms with Crippen molar-refractivity contribution in [3.05, 3.63) is 22.4 Å². The summed E-state index contributed by atoms with van der Waals surface area (Å²) in [6.07, 6.45) is 2.17. The summed E-state index contributed by atoms with van der Waals surface area (Å²) in [4.78, 5) is 13.4. The first kappa shape index (κ1) is 13.5. The van der Waals surface area contributed by atoms with Gasteiger partial charge >= 0.3 is 0 Å². The molecule has 0 amide bonds. The first-order valence-corrected chi connectivity index (χ1v) is 6.85. The summed E-state index contributed by atoms with van der Waals surface area (Å²) in [5, 5.41) is 0. The van der Waals surface area contributed by atoms with Crippen molar-refractivity contribution < 1.29 is 9.47 Å². The van der Waals surface area contributed by atoms with Crippen molar-refractivity contribution >= 4 is 17.0 Å². The molecule has 0 aliphatic heterocycles. The van der Waals surface area contributed by atoms with Crippen LogP contribution in [0.15, 0.2) is 11.8 Å². The molecule has 2 aromatic heterocycles. The predicted octanol–water partition coefficient (Wildman–Crippen LogP) is 1.84. The molecule has 102 valence electrons. The molecule has 2 N–H and O–H groups in total. The minimum atomic E-state index is 0.338. The van der Waals surface area contributed by atoms with Crippen molar-refractivity contribution in [3.63, 3.8) is 0 Å². The lowest BCUT2D eigenvalue weighted by Gasteiger charge is -2.10. The molecule has 2 aromatic rings. The van der Waals surface area contributed by atoms with Crippen LogP contribution in [0.2, 0.25) is 0 Å². The molecule has 0 aliphatic carbocycles. The lowest BCUT2D eigenvalue weighted by Crippen LogP contribution is -2.07. The van der Waals surface area contributed by atoms with Crippen LogP contribution in [0.25, 0.3) is 0 Å². The fourth-order valence-corrected chi connectivity index (χ4v) is 2.30. The first-order valence-electron chi connectivity index (χ1n) is 5.97. The van der Waals surface area contributed by atoms with Gasteiger partial charge in [0.2, 0.25) is 11.8 Å². The maximum Gasteiger partial charge on any atom is 0.244 e. The van der Waals surface area contributed by atoms with Crippen LogP contribution < -0.4 is 15.2 Å². The molecule has 0 spiro atoms. The Morgan fingerprint density at radius 3 is 2.58 bits per heavy atom. The van der Waals surface area contributed by atoms with E-state index in [0.717, 1.165) is 12.1 Å². The van der Waals surface area contributed by atoms with Gasteiger partial charge in [-0.1, -0.05) is 0 Å². The van der Waals surface area contributed by atoms with Crippen LogP contribution in [-0.2, 0) is 6.42 Å². The molecule has 0 saturated carbocycles. The molecule has 0 fully saturated rings. The number of nitrogens with zero attached hydrogens (tertiary/aromatic N) is 3. The average molecular weight is 280 g/mol. The fraction of sp³-hybridized carbons (Fsp3) is 0.417. The van der Waals surface area contributed by atoms with Gasteiger partial charge < -0.3 is 15.2 Å². The van der Waals surface area contributed by atoms with E-state index in [2.05, 4.69) is 15.0 Å². The second-order valence-corrected chi connectivity index (χ2v) is 4.73. The van der Waals surface area contributed by atoms with E-state index in [1.807, 2.05) is 19.4 Å². The summed E-state index contributed by atoms with van der Waals surface area (Å²) in [6, 6.07) is 0. The summed E-state index contributed by atoms with van der Waals surface area (Å²) >= 11 is 1.62. The molecule has 0 aliphatic rings. The highest BCUT2D eigenvalue weighted by atomic mass is 32.1. The van der Waals surface area contributed by atoms with Crippen molar-refractivity contribution in [2.75, 3.05) is 18.9 Å². The normalized spacial score (nSPS) is 10.4. The van der Waals surface area contributed by atoms with E-state index >= 15 is 0 Å². The number of aryl methyl sites for hydroxylation is 1. The third kappa shape index (κ3) is 3.31. The molecule has 2 rings (SSSR count). The van der Waals surface area contributed by atoms with Crippen LogP contribution in [0, 0.1) is 6.92 Å². The van der Waals surface area contributed by atoms with Gasteiger partial charge in [-0.25, -0.2) is 4.98 Å². The number of anilines is 1. The fourth-order valence-electron chi connectivity index (χ4n) is 1.54. The molecule has 2 heterocycles. The molecule has 0 radical (unpaired) electrons. The zero-order chi connectivity index (χ0) is 13.7. The molecule has 0 aromatic carbocycles. The summed E-state index contributed by atoms with van der Waals surface area (Å²) < 4.78 is 10.9. The van der Waals surface area contributed by atoms with Gasteiger partial charge in [0.05, 0.1) is 24.4 Å². The van der Waals surface area contributed by atoms with Crippen LogP contribution in [0.5, 0.6) is 11.8 Å². The van der Waals surface area contributed by atoms with Gasteiger partial charge in [0.15, 0.2) is 5.69 Å². The number of aromatic nitrogens is 3. The third-order valence-electron chi connectivity index (χ3n) is 2.50. The van der Waals surface area contributed by atoms with E-state index < -0.39 is 0 Å². The standard InChI is InChI=1S/C12H16N4O2S/c1-3-17-11-10(13)12(15-6-14-11)18-5-4-9-8(2)16-7-19-9/h6-7H,3-5,13H2,1-2H3. The van der Waals surface area contributed by atoms with Crippen molar-refractivity contribution in [3.8, 4) is 11.8 Å². The Morgan fingerprint density at radius 1 is 1.21 bits per heavy atom. The van der Waals surface area contributed by atoms with Gasteiger partial charge in [0.1, 0.15) is 6.33 Å². The molecule has 0 saturated heterocycles. The Morgan fingerprint density at radius 2 is 1.95 bits per heavy atom. The van der Waals surface area contributed by atoms with Gasteiger partial charge in [-0.2, -0.15) is 9.97 Å². The lowest BCUT2D eigenvalue weighted by molar-refractivity contribution is 0.299. The second-order valence-electron chi connectivity index (χ2n) is 3.79. The summed E-state index contributed by atoms with van der Waals surface area (Å²) in [7, 11) is 0. The number of ether oxygens (including phenoxy) is 2. The van der Waals surface area contributed by atoms with Gasteiger partial charge in [-0.3, -0.25) is 0 Å². The van der Waals surface area contributed by atoms with Crippen LogP contribution in [0.4, 0.5) is 5.69 Å². The van der Waals surface area contributed by atoms with Crippen molar-refractivity contribution in [1.29, 1.82) is 0 Å². The van der Waals surface area contributed by atoms with E-state index in [4.69, 9.17) is 15.2 Å². The number of hydrogen-bond donors (Lipinski definition) is 1. The number of nitrogen functional groups attached to an aromatic ring is 1. The Balaban J connectivity index is 1.96. The highest BCUT2D eigenvalue weighted by Gasteiger charge is 2.10. The van der Waals surface area contributed by atoms with Crippen LogP contribution in [-0.4, -0.2) is 28.2 Å². The van der Waals surface area contributed by atoms with Crippen LogP contribution >= 0.6 is 11.3 Å². The molecule has 6 nitrogen and oxygen atoms in total. The second kappa shape index (κ2) is 6.33. The Labute approximate surface area is 115 Å². The van der Waals surface area contributed by atoms with Gasteiger partial charge in [0, 0.05) is 11.3 Å². The number of nitrogens with two attached hydrogens (primary N) is 1. The summed E-state index contributed by atoms with van der Waals surface area (Å²) in [6.45, 7) is 4.85. The van der Waals surface area contributed by atoms with Gasteiger partial charge in [-0.15, -0.1) is 11.3 Å². The number of hydrogen-bond acceptors (Lipinski definition) is 7. The maximum atomic E-state index is 5.87. The van der Waals surface area contributed by atoms with Crippen LogP contribution in [0.3, 0.4) is 0 Å². The Hall–Kier alpha value is -1.89. The number of thiazole rings is 1. The SMILES string of the molecule is CCOc1ncnc(OCCc2scnc2C)c1N. The average Bonchev–Trinajstić information content (AvgIpc) is 2.80. The molecule has 0 bridgehead atoms. The Bertz CT molecular complexity index is 544. The summed E-state index contributed by atoms with van der Waals surface area (Å²) in [5.41, 5.74) is 9.08. The van der Waals surface area contributed by atoms with Crippen molar-refractivity contribution in [2.45, 2.75) is 20.3 Å². The minimum Gasteiger partial charge on any atom is -0.476 e. The third-order valence-corrected chi connectivity index (χ3v) is 3.50. The van der Waals surface area contributed by atoms with E-state index in [9.17, 15) is 0 Å². The van der Waals surface area contributed by atoms with E-state index in [1.54, 1.807) is 11.3 Å². The highest BCUT2D eigenvalue weighted by Crippen LogP contribution is 2.26. The molecular weight excluding hydrogens is 264 g/mol. The van der Waals surface area contributed by atoms with E-state index in [-0.39, 0.29) is 0 Å². The quantitative estimate of drug-likeness (QED) is 0.869. The number of rotatable bonds is 6. The van der Waals surface area contributed by atoms with E-state index in [0.29, 0.717) is 30.7 Å². The highest BCUT2D eigenvalue weighted by molar-refractivity contribution is 7.09.